The van der Waals surface area contributed by atoms with E-state index in [1.54, 1.807) is 24.3 Å². The molecule has 2 aromatic carbocycles. The molecule has 0 aliphatic heterocycles. The van der Waals surface area contributed by atoms with Gasteiger partial charge in [0.25, 0.3) is 0 Å². The Hall–Kier alpha value is -1.09. The zero-order valence-electron chi connectivity index (χ0n) is 10.3. The van der Waals surface area contributed by atoms with Gasteiger partial charge in [0.2, 0.25) is 0 Å². The number of carbonyl (C=O) groups is 1. The van der Waals surface area contributed by atoms with Crippen molar-refractivity contribution in [3.8, 4) is 0 Å². The fourth-order valence-corrected chi connectivity index (χ4v) is 2.62. The summed E-state index contributed by atoms with van der Waals surface area (Å²) in [4.78, 5) is 12.0. The fraction of sp³-hybridized carbons (Fsp3) is 0.133. The summed E-state index contributed by atoms with van der Waals surface area (Å²) in [5.74, 6) is -0.692. The summed E-state index contributed by atoms with van der Waals surface area (Å²) < 4.78 is 13.6. The van der Waals surface area contributed by atoms with E-state index in [1.807, 2.05) is 0 Å². The van der Waals surface area contributed by atoms with Gasteiger partial charge in [-0.05, 0) is 29.8 Å². The summed E-state index contributed by atoms with van der Waals surface area (Å²) in [6.07, 6.45) is -0.0454. The highest BCUT2D eigenvalue weighted by Crippen LogP contribution is 2.26. The molecule has 5 heteroatoms. The molecule has 20 heavy (non-hydrogen) atoms. The molecule has 2 rings (SSSR count). The standard InChI is InChI=1S/C15H10Cl3FO/c16-12-3-1-4-13(17)10(12)7-9(20)8-11-14(18)5-2-6-15(11)19/h1-6H,7-8H2. The summed E-state index contributed by atoms with van der Waals surface area (Å²) >= 11 is 17.9. The molecule has 0 saturated heterocycles. The van der Waals surface area contributed by atoms with Crippen molar-refractivity contribution in [2.24, 2.45) is 0 Å². The smallest absolute Gasteiger partial charge is 0.141 e. The lowest BCUT2D eigenvalue weighted by atomic mass is 10.0. The second-order valence-electron chi connectivity index (χ2n) is 4.29. The molecule has 0 fully saturated rings. The topological polar surface area (TPSA) is 17.1 Å². The van der Waals surface area contributed by atoms with Gasteiger partial charge in [-0.25, -0.2) is 4.39 Å². The number of rotatable bonds is 4. The highest BCUT2D eigenvalue weighted by molar-refractivity contribution is 6.36. The second kappa shape index (κ2) is 6.57. The molecule has 0 bridgehead atoms. The third kappa shape index (κ3) is 3.51. The molecule has 0 atom stereocenters. The van der Waals surface area contributed by atoms with Crippen molar-refractivity contribution in [2.45, 2.75) is 12.8 Å². The Labute approximate surface area is 131 Å². The first-order chi connectivity index (χ1) is 9.49. The van der Waals surface area contributed by atoms with Crippen molar-refractivity contribution in [3.63, 3.8) is 0 Å². The van der Waals surface area contributed by atoms with Crippen LogP contribution in [0, 0.1) is 5.82 Å². The number of Topliss-reactive ketones (excluding diaryl/α,β-unsaturated/α-hetero) is 1. The quantitative estimate of drug-likeness (QED) is 0.758. The van der Waals surface area contributed by atoms with Gasteiger partial charge in [0, 0.05) is 33.5 Å². The molecular weight excluding hydrogens is 322 g/mol. The van der Waals surface area contributed by atoms with Gasteiger partial charge in [0.1, 0.15) is 11.6 Å². The maximum absolute atomic E-state index is 13.6. The second-order valence-corrected chi connectivity index (χ2v) is 5.51. The number of ketones is 1. The van der Waals surface area contributed by atoms with Crippen LogP contribution >= 0.6 is 34.8 Å². The molecule has 0 radical (unpaired) electrons. The van der Waals surface area contributed by atoms with Gasteiger partial charge in [0.05, 0.1) is 0 Å². The largest absolute Gasteiger partial charge is 0.299 e. The Kier molecular flexibility index (Phi) is 5.03. The number of carbonyl (C=O) groups excluding carboxylic acids is 1. The zero-order valence-corrected chi connectivity index (χ0v) is 12.6. The Bertz CT molecular complexity index is 560. The zero-order chi connectivity index (χ0) is 14.7. The average molecular weight is 332 g/mol. The minimum Gasteiger partial charge on any atom is -0.299 e. The number of benzene rings is 2. The molecule has 0 N–H and O–H groups in total. The lowest BCUT2D eigenvalue weighted by Gasteiger charge is -2.08. The molecule has 0 heterocycles. The molecule has 2 aromatic rings. The van der Waals surface area contributed by atoms with Gasteiger partial charge < -0.3 is 0 Å². The Morgan fingerprint density at radius 3 is 1.85 bits per heavy atom. The highest BCUT2D eigenvalue weighted by Gasteiger charge is 2.15. The van der Waals surface area contributed by atoms with Gasteiger partial charge in [-0.2, -0.15) is 0 Å². The van der Waals surface area contributed by atoms with Gasteiger partial charge in [-0.15, -0.1) is 0 Å². The first-order valence-corrected chi connectivity index (χ1v) is 7.00. The van der Waals surface area contributed by atoms with Crippen molar-refractivity contribution in [3.05, 3.63) is 68.4 Å². The van der Waals surface area contributed by atoms with Crippen LogP contribution in [0.1, 0.15) is 11.1 Å². The van der Waals surface area contributed by atoms with Gasteiger partial charge >= 0.3 is 0 Å². The number of halogens is 4. The average Bonchev–Trinajstić information content (AvgIpc) is 2.39. The van der Waals surface area contributed by atoms with Gasteiger partial charge in [0.15, 0.2) is 0 Å². The van der Waals surface area contributed by atoms with Crippen molar-refractivity contribution >= 4 is 40.6 Å². The molecule has 0 spiro atoms. The van der Waals surface area contributed by atoms with Crippen LogP contribution in [0.15, 0.2) is 36.4 Å². The van der Waals surface area contributed by atoms with Gasteiger partial charge in [-0.3, -0.25) is 4.79 Å². The van der Waals surface area contributed by atoms with Crippen molar-refractivity contribution < 1.29 is 9.18 Å². The molecular formula is C15H10Cl3FO. The number of hydrogen-bond acceptors (Lipinski definition) is 1. The summed E-state index contributed by atoms with van der Waals surface area (Å²) in [5, 5.41) is 1.08. The maximum Gasteiger partial charge on any atom is 0.141 e. The van der Waals surface area contributed by atoms with Crippen LogP contribution in [0.4, 0.5) is 4.39 Å². The van der Waals surface area contributed by atoms with Crippen LogP contribution in [0.5, 0.6) is 0 Å². The lowest BCUT2D eigenvalue weighted by molar-refractivity contribution is -0.117. The predicted octanol–water partition coefficient (Wildman–Crippen LogP) is 5.14. The van der Waals surface area contributed by atoms with Crippen LogP contribution in [-0.4, -0.2) is 5.78 Å². The normalized spacial score (nSPS) is 10.6. The molecule has 0 aliphatic carbocycles. The van der Waals surface area contributed by atoms with Crippen LogP contribution in [0.25, 0.3) is 0 Å². The summed E-state index contributed by atoms with van der Waals surface area (Å²) in [5.41, 5.74) is 0.746. The summed E-state index contributed by atoms with van der Waals surface area (Å²) in [6.45, 7) is 0. The third-order valence-electron chi connectivity index (χ3n) is 2.87. The first-order valence-electron chi connectivity index (χ1n) is 5.86. The summed E-state index contributed by atoms with van der Waals surface area (Å²) in [7, 11) is 0. The van der Waals surface area contributed by atoms with Crippen molar-refractivity contribution in [1.29, 1.82) is 0 Å². The molecule has 0 aliphatic rings. The van der Waals surface area contributed by atoms with Crippen LogP contribution in [0.3, 0.4) is 0 Å². The minimum atomic E-state index is -0.490. The lowest BCUT2D eigenvalue weighted by Crippen LogP contribution is -2.09. The van der Waals surface area contributed by atoms with E-state index in [1.165, 1.54) is 12.1 Å². The highest BCUT2D eigenvalue weighted by atomic mass is 35.5. The number of hydrogen-bond donors (Lipinski definition) is 0. The fourth-order valence-electron chi connectivity index (χ4n) is 1.86. The van der Waals surface area contributed by atoms with Crippen molar-refractivity contribution in [1.82, 2.24) is 0 Å². The third-order valence-corrected chi connectivity index (χ3v) is 3.93. The molecule has 0 amide bonds. The molecule has 0 aromatic heterocycles. The van der Waals surface area contributed by atoms with E-state index in [0.29, 0.717) is 15.6 Å². The van der Waals surface area contributed by atoms with Crippen LogP contribution in [-0.2, 0) is 17.6 Å². The van der Waals surface area contributed by atoms with E-state index in [2.05, 4.69) is 0 Å². The Balaban J connectivity index is 2.18. The Morgan fingerprint density at radius 2 is 1.30 bits per heavy atom. The van der Waals surface area contributed by atoms with E-state index in [-0.39, 0.29) is 29.2 Å². The van der Waals surface area contributed by atoms with E-state index >= 15 is 0 Å². The van der Waals surface area contributed by atoms with E-state index in [9.17, 15) is 9.18 Å². The van der Waals surface area contributed by atoms with Crippen LogP contribution in [0.2, 0.25) is 15.1 Å². The summed E-state index contributed by atoms with van der Waals surface area (Å²) in [6, 6.07) is 9.34. The SMILES string of the molecule is O=C(Cc1c(F)cccc1Cl)Cc1c(Cl)cccc1Cl. The molecule has 0 saturated carbocycles. The van der Waals surface area contributed by atoms with E-state index in [4.69, 9.17) is 34.8 Å². The molecule has 1 nitrogen and oxygen atoms in total. The first kappa shape index (κ1) is 15.3. The Morgan fingerprint density at radius 1 is 0.850 bits per heavy atom. The predicted molar refractivity (Wildman–Crippen MR) is 80.3 cm³/mol. The van der Waals surface area contributed by atoms with E-state index in [0.717, 1.165) is 0 Å². The molecule has 0 unspecified atom stereocenters. The van der Waals surface area contributed by atoms with Crippen LogP contribution < -0.4 is 0 Å². The monoisotopic (exact) mass is 330 g/mol. The minimum absolute atomic E-state index is 0.0448. The molecule has 104 valence electrons. The van der Waals surface area contributed by atoms with Crippen molar-refractivity contribution in [2.75, 3.05) is 0 Å². The van der Waals surface area contributed by atoms with Gasteiger partial charge in [-0.1, -0.05) is 46.9 Å². The maximum atomic E-state index is 13.6. The van der Waals surface area contributed by atoms with E-state index < -0.39 is 5.82 Å².